The van der Waals surface area contributed by atoms with Crippen molar-refractivity contribution in [2.24, 2.45) is 4.99 Å². The highest BCUT2D eigenvalue weighted by molar-refractivity contribution is 5.93. The zero-order valence-electron chi connectivity index (χ0n) is 9.81. The van der Waals surface area contributed by atoms with E-state index in [4.69, 9.17) is 0 Å². The predicted octanol–water partition coefficient (Wildman–Crippen LogP) is 1.30. The van der Waals surface area contributed by atoms with Crippen molar-refractivity contribution in [3.63, 3.8) is 0 Å². The molecule has 3 N–H and O–H groups in total. The van der Waals surface area contributed by atoms with Crippen LogP contribution in [0.3, 0.4) is 0 Å². The molecule has 1 aromatic carbocycles. The number of aromatic nitrogens is 3. The van der Waals surface area contributed by atoms with Crippen LogP contribution in [0.15, 0.2) is 51.1 Å². The molecule has 19 heavy (non-hydrogen) atoms. The Bertz CT molecular complexity index is 856. The minimum atomic E-state index is -0.367. The summed E-state index contributed by atoms with van der Waals surface area (Å²) in [6.07, 6.45) is 3.39. The van der Waals surface area contributed by atoms with Crippen molar-refractivity contribution in [2.45, 2.75) is 0 Å². The van der Waals surface area contributed by atoms with E-state index in [-0.39, 0.29) is 16.5 Å². The lowest BCUT2D eigenvalue weighted by molar-refractivity contribution is 0.976. The van der Waals surface area contributed by atoms with E-state index in [1.807, 2.05) is 12.1 Å². The number of hydrogen-bond acceptors (Lipinski definition) is 3. The lowest BCUT2D eigenvalue weighted by atomic mass is 10.1. The Morgan fingerprint density at radius 2 is 1.84 bits per heavy atom. The number of nitrogens with one attached hydrogen (secondary N) is 3. The molecular weight excluding hydrogens is 244 g/mol. The number of aliphatic imine (C=N–C) groups is 1. The molecule has 3 rings (SSSR count). The number of benzene rings is 1. The SMILES string of the molecule is O=c1[nH][nH]c(=O)c2c(N=Cc3ccc[nH]3)cccc12. The van der Waals surface area contributed by atoms with Crippen LogP contribution in [0.25, 0.3) is 10.8 Å². The average Bonchev–Trinajstić information content (AvgIpc) is 2.94. The van der Waals surface area contributed by atoms with Gasteiger partial charge in [-0.2, -0.15) is 0 Å². The van der Waals surface area contributed by atoms with Gasteiger partial charge in [0.1, 0.15) is 0 Å². The number of rotatable bonds is 2. The summed E-state index contributed by atoms with van der Waals surface area (Å²) in [7, 11) is 0. The second kappa shape index (κ2) is 4.41. The van der Waals surface area contributed by atoms with E-state index in [1.54, 1.807) is 30.6 Å². The van der Waals surface area contributed by atoms with E-state index in [0.29, 0.717) is 11.1 Å². The third-order valence-corrected chi connectivity index (χ3v) is 2.77. The van der Waals surface area contributed by atoms with Gasteiger partial charge in [0.2, 0.25) is 0 Å². The predicted molar refractivity (Wildman–Crippen MR) is 73.2 cm³/mol. The van der Waals surface area contributed by atoms with Crippen molar-refractivity contribution >= 4 is 22.7 Å². The third kappa shape index (κ3) is 1.99. The van der Waals surface area contributed by atoms with Crippen LogP contribution in [0.1, 0.15) is 5.69 Å². The van der Waals surface area contributed by atoms with Crippen molar-refractivity contribution in [3.8, 4) is 0 Å². The number of fused-ring (bicyclic) bond motifs is 1. The van der Waals surface area contributed by atoms with Crippen molar-refractivity contribution in [3.05, 3.63) is 62.9 Å². The van der Waals surface area contributed by atoms with E-state index in [1.165, 1.54) is 0 Å². The van der Waals surface area contributed by atoms with Gasteiger partial charge >= 0.3 is 0 Å². The van der Waals surface area contributed by atoms with Gasteiger partial charge in [0, 0.05) is 6.20 Å². The fraction of sp³-hybridized carbons (Fsp3) is 0. The second-order valence-electron chi connectivity index (χ2n) is 3.99. The van der Waals surface area contributed by atoms with Crippen LogP contribution in [0.2, 0.25) is 0 Å². The van der Waals surface area contributed by atoms with Gasteiger partial charge in [-0.1, -0.05) is 6.07 Å². The molecule has 0 aliphatic heterocycles. The highest BCUT2D eigenvalue weighted by atomic mass is 16.1. The molecule has 0 aliphatic carbocycles. The van der Waals surface area contributed by atoms with Crippen LogP contribution in [0, 0.1) is 0 Å². The first-order valence-corrected chi connectivity index (χ1v) is 5.67. The maximum atomic E-state index is 11.8. The fourth-order valence-electron chi connectivity index (χ4n) is 1.88. The summed E-state index contributed by atoms with van der Waals surface area (Å²) in [4.78, 5) is 30.7. The first kappa shape index (κ1) is 11.2. The van der Waals surface area contributed by atoms with Gasteiger partial charge in [0.05, 0.1) is 28.4 Å². The Labute approximate surface area is 106 Å². The van der Waals surface area contributed by atoms with E-state index < -0.39 is 0 Å². The zero-order valence-corrected chi connectivity index (χ0v) is 9.81. The average molecular weight is 254 g/mol. The highest BCUT2D eigenvalue weighted by Gasteiger charge is 2.06. The lowest BCUT2D eigenvalue weighted by Gasteiger charge is -1.99. The van der Waals surface area contributed by atoms with Crippen molar-refractivity contribution < 1.29 is 0 Å². The van der Waals surface area contributed by atoms with Crippen LogP contribution in [0.4, 0.5) is 5.69 Å². The molecule has 94 valence electrons. The number of hydrogen-bond donors (Lipinski definition) is 3. The molecule has 0 aliphatic rings. The van der Waals surface area contributed by atoms with Gasteiger partial charge in [-0.05, 0) is 24.3 Å². The Hall–Kier alpha value is -2.89. The second-order valence-corrected chi connectivity index (χ2v) is 3.99. The molecule has 6 heteroatoms. The molecule has 0 atom stereocenters. The molecule has 2 aromatic heterocycles. The van der Waals surface area contributed by atoms with Crippen LogP contribution in [0.5, 0.6) is 0 Å². The van der Waals surface area contributed by atoms with Crippen molar-refractivity contribution in [1.29, 1.82) is 0 Å². The summed E-state index contributed by atoms with van der Waals surface area (Å²) in [6, 6.07) is 8.68. The maximum Gasteiger partial charge on any atom is 0.272 e. The normalized spacial score (nSPS) is 11.4. The molecule has 0 amide bonds. The largest absolute Gasteiger partial charge is 0.360 e. The van der Waals surface area contributed by atoms with Crippen LogP contribution in [-0.4, -0.2) is 21.4 Å². The fourth-order valence-corrected chi connectivity index (χ4v) is 1.88. The first-order valence-electron chi connectivity index (χ1n) is 5.67. The number of nitrogens with zero attached hydrogens (tertiary/aromatic N) is 1. The van der Waals surface area contributed by atoms with E-state index >= 15 is 0 Å². The van der Waals surface area contributed by atoms with Gasteiger partial charge in [-0.25, -0.2) is 0 Å². The Morgan fingerprint density at radius 3 is 2.63 bits per heavy atom. The molecule has 2 heterocycles. The number of aromatic amines is 3. The summed E-state index contributed by atoms with van der Waals surface area (Å²) in [5.41, 5.74) is 0.568. The van der Waals surface area contributed by atoms with Crippen LogP contribution < -0.4 is 11.1 Å². The monoisotopic (exact) mass is 254 g/mol. The molecule has 0 unspecified atom stereocenters. The van der Waals surface area contributed by atoms with Crippen LogP contribution >= 0.6 is 0 Å². The lowest BCUT2D eigenvalue weighted by Crippen LogP contribution is -2.18. The van der Waals surface area contributed by atoms with Gasteiger partial charge in [0.15, 0.2) is 0 Å². The molecule has 0 saturated carbocycles. The van der Waals surface area contributed by atoms with Gasteiger partial charge in [-0.3, -0.25) is 24.8 Å². The summed E-state index contributed by atoms with van der Waals surface area (Å²) in [5, 5.41) is 5.20. The Balaban J connectivity index is 2.22. The van der Waals surface area contributed by atoms with Crippen molar-refractivity contribution in [2.75, 3.05) is 0 Å². The Morgan fingerprint density at radius 1 is 1.00 bits per heavy atom. The van der Waals surface area contributed by atoms with E-state index in [9.17, 15) is 9.59 Å². The molecule has 0 spiro atoms. The third-order valence-electron chi connectivity index (χ3n) is 2.77. The first-order chi connectivity index (χ1) is 9.25. The van der Waals surface area contributed by atoms with Gasteiger partial charge in [0.25, 0.3) is 11.1 Å². The van der Waals surface area contributed by atoms with E-state index in [0.717, 1.165) is 5.69 Å². The van der Waals surface area contributed by atoms with Crippen LogP contribution in [-0.2, 0) is 0 Å². The molecule has 6 nitrogen and oxygen atoms in total. The van der Waals surface area contributed by atoms with Crippen molar-refractivity contribution in [1.82, 2.24) is 15.2 Å². The summed E-state index contributed by atoms with van der Waals surface area (Å²) in [5.74, 6) is 0. The van der Waals surface area contributed by atoms with Gasteiger partial charge < -0.3 is 4.98 Å². The zero-order chi connectivity index (χ0) is 13.2. The highest BCUT2D eigenvalue weighted by Crippen LogP contribution is 2.19. The van der Waals surface area contributed by atoms with Gasteiger partial charge in [-0.15, -0.1) is 0 Å². The molecule has 3 aromatic rings. The summed E-state index contributed by atoms with van der Waals surface area (Å²) >= 11 is 0. The standard InChI is InChI=1S/C13H10N4O2/c18-12-9-4-1-5-10(11(9)13(19)17-16-12)15-7-8-3-2-6-14-8/h1-7,14H,(H,16,18)(H,17,19). The summed E-state index contributed by atoms with van der Waals surface area (Å²) < 4.78 is 0. The Kier molecular flexibility index (Phi) is 2.60. The van der Waals surface area contributed by atoms with E-state index in [2.05, 4.69) is 20.2 Å². The molecule has 0 fully saturated rings. The molecular formula is C13H10N4O2. The topological polar surface area (TPSA) is 93.9 Å². The molecule has 0 saturated heterocycles. The quantitative estimate of drug-likeness (QED) is 0.601. The molecule has 0 radical (unpaired) electrons. The summed E-state index contributed by atoms with van der Waals surface area (Å²) in [6.45, 7) is 0. The number of H-pyrrole nitrogens is 3. The minimum absolute atomic E-state index is 0.286. The maximum absolute atomic E-state index is 11.8. The smallest absolute Gasteiger partial charge is 0.272 e. The molecule has 0 bridgehead atoms. The minimum Gasteiger partial charge on any atom is -0.360 e.